The minimum absolute atomic E-state index is 0.206. The minimum atomic E-state index is -3.90. The summed E-state index contributed by atoms with van der Waals surface area (Å²) in [4.78, 5) is 12.0. The van der Waals surface area contributed by atoms with Crippen LogP contribution in [-0.4, -0.2) is 17.6 Å². The van der Waals surface area contributed by atoms with Crippen LogP contribution in [-0.2, 0) is 4.74 Å². The Morgan fingerprint density at radius 3 is 2.87 bits per heavy atom. The molecule has 0 aliphatic carbocycles. The lowest BCUT2D eigenvalue weighted by atomic mass is 10.2. The Hall–Kier alpha value is -1.51. The van der Waals surface area contributed by atoms with Crippen LogP contribution in [0.25, 0.3) is 0 Å². The molecule has 0 fully saturated rings. The van der Waals surface area contributed by atoms with Gasteiger partial charge in [-0.15, -0.1) is 0 Å². The number of rotatable bonds is 5. The third-order valence-corrected chi connectivity index (χ3v) is 1.42. The van der Waals surface area contributed by atoms with Crippen LogP contribution in [0, 0.1) is 0 Å². The SMILES string of the molecule is [2H]C([2H])([2H])C([2H])([2H])C([2H])([2H])C([2H])([2H])C([2H])([2H])OC(=O)c1ccc(O)cc1. The Bertz CT molecular complexity index is 664. The Kier molecular flexibility index (Phi) is 1.42. The average Bonchev–Trinajstić information content (AvgIpc) is 2.45. The number of esters is 1. The second-order valence-corrected chi connectivity index (χ2v) is 2.41. The van der Waals surface area contributed by atoms with Gasteiger partial charge >= 0.3 is 5.97 Å². The highest BCUT2D eigenvalue weighted by atomic mass is 16.5. The summed E-state index contributed by atoms with van der Waals surface area (Å²) in [5.41, 5.74) is -0.290. The molecule has 1 rings (SSSR count). The van der Waals surface area contributed by atoms with E-state index in [1.807, 2.05) is 0 Å². The highest BCUT2D eigenvalue weighted by molar-refractivity contribution is 5.89. The Balaban J connectivity index is 3.23. The van der Waals surface area contributed by atoms with Crippen LogP contribution in [0.1, 0.15) is 51.4 Å². The number of carbonyl (C=O) groups excluding carboxylic acids is 1. The van der Waals surface area contributed by atoms with Crippen LogP contribution in [0.2, 0.25) is 0 Å². The maximum Gasteiger partial charge on any atom is 0.338 e. The Labute approximate surface area is 105 Å². The quantitative estimate of drug-likeness (QED) is 0.774. The molecule has 0 unspecified atom stereocenters. The van der Waals surface area contributed by atoms with E-state index in [4.69, 9.17) is 20.2 Å². The minimum Gasteiger partial charge on any atom is -0.508 e. The average molecular weight is 219 g/mol. The third-order valence-electron chi connectivity index (χ3n) is 1.42. The highest BCUT2D eigenvalue weighted by Crippen LogP contribution is 2.10. The van der Waals surface area contributed by atoms with E-state index in [2.05, 4.69) is 4.74 Å². The van der Waals surface area contributed by atoms with Crippen molar-refractivity contribution in [1.82, 2.24) is 0 Å². The third kappa shape index (κ3) is 4.02. The van der Waals surface area contributed by atoms with E-state index in [9.17, 15) is 4.79 Å². The number of phenols is 1. The number of phenolic OH excluding ortho intramolecular Hbond substituents is 1. The van der Waals surface area contributed by atoms with Gasteiger partial charge in [0, 0.05) is 12.3 Å². The van der Waals surface area contributed by atoms with Crippen molar-refractivity contribution >= 4 is 5.97 Å². The first kappa shape index (κ1) is 3.51. The maximum atomic E-state index is 12.0. The number of ether oxygens (including phenoxy) is 1. The predicted octanol–water partition coefficient (Wildman–Crippen LogP) is 2.74. The van der Waals surface area contributed by atoms with Gasteiger partial charge in [-0.3, -0.25) is 0 Å². The second kappa shape index (κ2) is 6.06. The molecule has 0 bridgehead atoms. The highest BCUT2D eigenvalue weighted by Gasteiger charge is 2.05. The number of hydrogen-bond donors (Lipinski definition) is 1. The molecule has 0 atom stereocenters. The molecule has 0 saturated carbocycles. The zero-order valence-electron chi connectivity index (χ0n) is 18.6. The predicted molar refractivity (Wildman–Crippen MR) is 57.9 cm³/mol. The lowest BCUT2D eigenvalue weighted by Gasteiger charge is -2.03. The van der Waals surface area contributed by atoms with Crippen molar-refractivity contribution in [3.05, 3.63) is 29.8 Å². The monoisotopic (exact) mass is 219 g/mol. The van der Waals surface area contributed by atoms with Gasteiger partial charge in [0.2, 0.25) is 0 Å². The van der Waals surface area contributed by atoms with Gasteiger partial charge < -0.3 is 9.84 Å². The summed E-state index contributed by atoms with van der Waals surface area (Å²) in [5, 5.41) is 9.14. The molecule has 15 heavy (non-hydrogen) atoms. The summed E-state index contributed by atoms with van der Waals surface area (Å²) in [5.74, 6) is -1.62. The largest absolute Gasteiger partial charge is 0.508 e. The first-order chi connectivity index (χ1) is 11.4. The van der Waals surface area contributed by atoms with Crippen molar-refractivity contribution in [2.24, 2.45) is 0 Å². The van der Waals surface area contributed by atoms with Crippen LogP contribution in [0.3, 0.4) is 0 Å². The van der Waals surface area contributed by atoms with Crippen molar-refractivity contribution in [3.8, 4) is 5.75 Å². The van der Waals surface area contributed by atoms with Gasteiger partial charge in [0.15, 0.2) is 0 Å². The van der Waals surface area contributed by atoms with Gasteiger partial charge in [0.25, 0.3) is 0 Å². The molecule has 1 N–H and O–H groups in total. The van der Waals surface area contributed by atoms with Crippen molar-refractivity contribution < 1.29 is 29.7 Å². The van der Waals surface area contributed by atoms with E-state index < -0.39 is 38.5 Å². The molecule has 0 aliphatic heterocycles. The van der Waals surface area contributed by atoms with E-state index in [0.717, 1.165) is 24.3 Å². The lowest BCUT2D eigenvalue weighted by Crippen LogP contribution is -2.05. The van der Waals surface area contributed by atoms with Crippen molar-refractivity contribution in [1.29, 1.82) is 0 Å². The fourth-order valence-electron chi connectivity index (χ4n) is 0.785. The summed E-state index contributed by atoms with van der Waals surface area (Å²) in [6, 6.07) is 4.24. The molecule has 3 heteroatoms. The molecule has 0 spiro atoms. The molecule has 0 radical (unpaired) electrons. The number of aromatic hydroxyl groups is 1. The van der Waals surface area contributed by atoms with Gasteiger partial charge in [-0.25, -0.2) is 4.79 Å². The smallest absolute Gasteiger partial charge is 0.338 e. The second-order valence-electron chi connectivity index (χ2n) is 2.41. The summed E-state index contributed by atoms with van der Waals surface area (Å²) < 4.78 is 86.2. The van der Waals surface area contributed by atoms with Crippen molar-refractivity contribution in [3.63, 3.8) is 0 Å². The van der Waals surface area contributed by atoms with Gasteiger partial charge in [-0.05, 0) is 30.6 Å². The summed E-state index contributed by atoms with van der Waals surface area (Å²) in [7, 11) is 0. The van der Waals surface area contributed by atoms with Crippen molar-refractivity contribution in [2.45, 2.75) is 26.0 Å². The number of benzene rings is 1. The maximum absolute atomic E-state index is 12.0. The molecule has 0 saturated heterocycles. The summed E-state index contributed by atoms with van der Waals surface area (Å²) >= 11 is 0. The molecule has 1 aromatic rings. The van der Waals surface area contributed by atoms with Gasteiger partial charge in [0.05, 0.1) is 14.9 Å². The first-order valence-corrected chi connectivity index (χ1v) is 3.91. The molecule has 0 amide bonds. The Morgan fingerprint density at radius 1 is 1.47 bits per heavy atom. The number of hydrogen-bond acceptors (Lipinski definition) is 3. The van der Waals surface area contributed by atoms with Crippen LogP contribution >= 0.6 is 0 Å². The Morgan fingerprint density at radius 2 is 2.20 bits per heavy atom. The van der Waals surface area contributed by atoms with Crippen LogP contribution in [0.15, 0.2) is 24.3 Å². The van der Waals surface area contributed by atoms with E-state index >= 15 is 0 Å². The molecule has 1 aromatic carbocycles. The van der Waals surface area contributed by atoms with Gasteiger partial charge in [0.1, 0.15) is 5.75 Å². The van der Waals surface area contributed by atoms with E-state index in [1.54, 1.807) is 0 Å². The van der Waals surface area contributed by atoms with E-state index in [1.165, 1.54) is 0 Å². The lowest BCUT2D eigenvalue weighted by molar-refractivity contribution is 0.0498. The van der Waals surface area contributed by atoms with Gasteiger partial charge in [-0.2, -0.15) is 0 Å². The number of carbonyl (C=O) groups is 1. The van der Waals surface area contributed by atoms with Gasteiger partial charge in [-0.1, -0.05) is 19.6 Å². The van der Waals surface area contributed by atoms with Crippen LogP contribution < -0.4 is 0 Å². The fourth-order valence-corrected chi connectivity index (χ4v) is 0.785. The van der Waals surface area contributed by atoms with Crippen LogP contribution in [0.4, 0.5) is 0 Å². The summed E-state index contributed by atoms with van der Waals surface area (Å²) in [6.07, 6.45) is -11.6. The molecule has 0 aromatic heterocycles. The molecule has 0 aliphatic rings. The topological polar surface area (TPSA) is 46.5 Å². The molecule has 3 nitrogen and oxygen atoms in total. The van der Waals surface area contributed by atoms with Crippen LogP contribution in [0.5, 0.6) is 5.75 Å². The molecule has 0 heterocycles. The molecular weight excluding hydrogens is 192 g/mol. The summed E-state index contributed by atoms with van der Waals surface area (Å²) in [6.45, 7) is -7.33. The standard InChI is InChI=1S/C12H16O3/c1-2-3-4-9-15-12(14)10-5-7-11(13)8-6-10/h5-8,13H,2-4,9H2,1H3/i1D3,2D2,3D2,4D2,9D2. The van der Waals surface area contributed by atoms with E-state index in [0.29, 0.717) is 0 Å². The normalized spacial score (nSPS) is 25.5. The zero-order valence-corrected chi connectivity index (χ0v) is 7.57. The molecule has 82 valence electrons. The fraction of sp³-hybridized carbons (Fsp3) is 0.417. The van der Waals surface area contributed by atoms with E-state index in [-0.39, 0.29) is 11.3 Å². The zero-order chi connectivity index (χ0) is 20.8. The molecular formula is C12H16O3. The van der Waals surface area contributed by atoms with Crippen molar-refractivity contribution in [2.75, 3.05) is 6.56 Å². The first-order valence-electron chi connectivity index (χ1n) is 9.41.